The maximum atomic E-state index is 12.0. The number of hydrogen-bond donors (Lipinski definition) is 3. The molecule has 1 saturated carbocycles. The molecule has 3 N–H and O–H groups in total. The van der Waals surface area contributed by atoms with Gasteiger partial charge in [0.25, 0.3) is 0 Å². The lowest BCUT2D eigenvalue weighted by Crippen LogP contribution is -2.41. The van der Waals surface area contributed by atoms with E-state index in [2.05, 4.69) is 16.0 Å². The molecule has 2 rings (SSSR count). The van der Waals surface area contributed by atoms with Crippen LogP contribution in [-0.2, 0) is 4.79 Å². The molecule has 0 saturated heterocycles. The Labute approximate surface area is 151 Å². The van der Waals surface area contributed by atoms with Gasteiger partial charge in [-0.05, 0) is 43.7 Å². The van der Waals surface area contributed by atoms with Gasteiger partial charge >= 0.3 is 6.03 Å². The molecule has 0 aromatic heterocycles. The first-order chi connectivity index (χ1) is 12.1. The van der Waals surface area contributed by atoms with Crippen molar-refractivity contribution in [2.24, 2.45) is 5.92 Å². The van der Waals surface area contributed by atoms with Gasteiger partial charge in [-0.2, -0.15) is 0 Å². The molecule has 1 unspecified atom stereocenters. The van der Waals surface area contributed by atoms with E-state index in [1.807, 2.05) is 38.1 Å². The van der Waals surface area contributed by atoms with Crippen molar-refractivity contribution in [3.8, 4) is 0 Å². The van der Waals surface area contributed by atoms with Gasteiger partial charge in [-0.25, -0.2) is 4.79 Å². The fraction of sp³-hybridized carbons (Fsp3) is 0.600. The first kappa shape index (κ1) is 19.3. The third kappa shape index (κ3) is 6.77. The first-order valence-electron chi connectivity index (χ1n) is 9.43. The normalized spacial score (nSPS) is 16.1. The molecular formula is C20H31N3O2. The molecule has 1 atom stereocenters. The van der Waals surface area contributed by atoms with E-state index < -0.39 is 0 Å². The second kappa shape index (κ2) is 10.1. The number of urea groups is 1. The summed E-state index contributed by atoms with van der Waals surface area (Å²) in [6.07, 6.45) is 6.77. The van der Waals surface area contributed by atoms with Crippen LogP contribution in [0.25, 0.3) is 0 Å². The Morgan fingerprint density at radius 2 is 1.76 bits per heavy atom. The Kier molecular flexibility index (Phi) is 7.76. The lowest BCUT2D eigenvalue weighted by molar-refractivity contribution is -0.122. The summed E-state index contributed by atoms with van der Waals surface area (Å²) in [5.41, 5.74) is 2.27. The number of carbonyl (C=O) groups is 2. The fourth-order valence-corrected chi connectivity index (χ4v) is 3.50. The summed E-state index contributed by atoms with van der Waals surface area (Å²) in [7, 11) is 0. The smallest absolute Gasteiger partial charge is 0.315 e. The van der Waals surface area contributed by atoms with Crippen LogP contribution >= 0.6 is 0 Å². The van der Waals surface area contributed by atoms with Gasteiger partial charge in [-0.15, -0.1) is 0 Å². The highest BCUT2D eigenvalue weighted by Crippen LogP contribution is 2.25. The van der Waals surface area contributed by atoms with Crippen LogP contribution in [0.15, 0.2) is 24.3 Å². The van der Waals surface area contributed by atoms with Crippen molar-refractivity contribution in [1.29, 1.82) is 0 Å². The Morgan fingerprint density at radius 3 is 2.48 bits per heavy atom. The molecule has 0 heterocycles. The van der Waals surface area contributed by atoms with Crippen molar-refractivity contribution >= 4 is 11.9 Å². The number of amides is 3. The molecule has 1 aliphatic rings. The number of aryl methyl sites for hydroxylation is 1. The predicted octanol–water partition coefficient (Wildman–Crippen LogP) is 3.44. The molecule has 1 aliphatic carbocycles. The van der Waals surface area contributed by atoms with E-state index in [-0.39, 0.29) is 18.0 Å². The van der Waals surface area contributed by atoms with Crippen molar-refractivity contribution in [3.05, 3.63) is 35.4 Å². The zero-order valence-electron chi connectivity index (χ0n) is 15.4. The SMILES string of the molecule is Cc1ccccc1C(C)NC(=O)NCCNC(=O)CC1CCCCC1. The molecule has 0 bridgehead atoms. The summed E-state index contributed by atoms with van der Waals surface area (Å²) >= 11 is 0. The molecular weight excluding hydrogens is 314 g/mol. The van der Waals surface area contributed by atoms with E-state index in [0.29, 0.717) is 25.4 Å². The van der Waals surface area contributed by atoms with E-state index in [1.54, 1.807) is 0 Å². The standard InChI is InChI=1S/C20H31N3O2/c1-15-8-6-7-11-18(15)16(2)23-20(25)22-13-12-21-19(24)14-17-9-4-3-5-10-17/h6-8,11,16-17H,3-5,9-10,12-14H2,1-2H3,(H,21,24)(H2,22,23,25). The van der Waals surface area contributed by atoms with E-state index in [0.717, 1.165) is 11.1 Å². The van der Waals surface area contributed by atoms with Crippen LogP contribution in [0.2, 0.25) is 0 Å². The number of rotatable bonds is 7. The van der Waals surface area contributed by atoms with Crippen LogP contribution in [0.5, 0.6) is 0 Å². The van der Waals surface area contributed by atoms with Crippen molar-refractivity contribution in [2.45, 2.75) is 58.4 Å². The van der Waals surface area contributed by atoms with Crippen LogP contribution in [0.4, 0.5) is 4.79 Å². The second-order valence-electron chi connectivity index (χ2n) is 7.04. The van der Waals surface area contributed by atoms with Crippen molar-refractivity contribution in [3.63, 3.8) is 0 Å². The van der Waals surface area contributed by atoms with Crippen molar-refractivity contribution in [1.82, 2.24) is 16.0 Å². The largest absolute Gasteiger partial charge is 0.354 e. The van der Waals surface area contributed by atoms with Crippen LogP contribution in [-0.4, -0.2) is 25.0 Å². The Bertz CT molecular complexity index is 568. The Hall–Kier alpha value is -2.04. The van der Waals surface area contributed by atoms with E-state index in [1.165, 1.54) is 32.1 Å². The Balaban J connectivity index is 1.60. The maximum absolute atomic E-state index is 12.0. The van der Waals surface area contributed by atoms with Crippen molar-refractivity contribution in [2.75, 3.05) is 13.1 Å². The Morgan fingerprint density at radius 1 is 1.08 bits per heavy atom. The highest BCUT2D eigenvalue weighted by atomic mass is 16.2. The van der Waals surface area contributed by atoms with E-state index in [9.17, 15) is 9.59 Å². The van der Waals surface area contributed by atoms with Crippen LogP contribution in [0.1, 0.15) is 62.6 Å². The summed E-state index contributed by atoms with van der Waals surface area (Å²) in [6.45, 7) is 4.90. The minimum absolute atomic E-state index is 0.0536. The monoisotopic (exact) mass is 345 g/mol. The van der Waals surface area contributed by atoms with E-state index >= 15 is 0 Å². The molecule has 5 heteroatoms. The van der Waals surface area contributed by atoms with Gasteiger partial charge in [-0.3, -0.25) is 4.79 Å². The first-order valence-corrected chi connectivity index (χ1v) is 9.43. The zero-order valence-corrected chi connectivity index (χ0v) is 15.4. The molecule has 5 nitrogen and oxygen atoms in total. The summed E-state index contributed by atoms with van der Waals surface area (Å²) < 4.78 is 0. The molecule has 0 aliphatic heterocycles. The summed E-state index contributed by atoms with van der Waals surface area (Å²) in [5.74, 6) is 0.641. The number of carbonyl (C=O) groups excluding carboxylic acids is 2. The number of benzene rings is 1. The van der Waals surface area contributed by atoms with Gasteiger partial charge in [0, 0.05) is 19.5 Å². The third-order valence-electron chi connectivity index (χ3n) is 4.93. The molecule has 0 radical (unpaired) electrons. The van der Waals surface area contributed by atoms with Gasteiger partial charge in [-0.1, -0.05) is 43.5 Å². The quantitative estimate of drug-likeness (QED) is 0.663. The van der Waals surface area contributed by atoms with Gasteiger partial charge in [0.1, 0.15) is 0 Å². The minimum Gasteiger partial charge on any atom is -0.354 e. The van der Waals surface area contributed by atoms with Crippen LogP contribution in [0, 0.1) is 12.8 Å². The number of nitrogens with one attached hydrogen (secondary N) is 3. The predicted molar refractivity (Wildman–Crippen MR) is 100 cm³/mol. The van der Waals surface area contributed by atoms with Gasteiger partial charge in [0.2, 0.25) is 5.91 Å². The molecule has 1 aromatic carbocycles. The van der Waals surface area contributed by atoms with Crippen LogP contribution < -0.4 is 16.0 Å². The van der Waals surface area contributed by atoms with Gasteiger partial charge < -0.3 is 16.0 Å². The summed E-state index contributed by atoms with van der Waals surface area (Å²) in [6, 6.07) is 7.75. The van der Waals surface area contributed by atoms with Gasteiger partial charge in [0.15, 0.2) is 0 Å². The molecule has 0 spiro atoms. The minimum atomic E-state index is -0.211. The van der Waals surface area contributed by atoms with E-state index in [4.69, 9.17) is 0 Å². The van der Waals surface area contributed by atoms with Crippen LogP contribution in [0.3, 0.4) is 0 Å². The van der Waals surface area contributed by atoms with Gasteiger partial charge in [0.05, 0.1) is 6.04 Å². The average molecular weight is 345 g/mol. The average Bonchev–Trinajstić information content (AvgIpc) is 2.60. The molecule has 25 heavy (non-hydrogen) atoms. The molecule has 1 fully saturated rings. The number of hydrogen-bond acceptors (Lipinski definition) is 2. The summed E-state index contributed by atoms with van der Waals surface area (Å²) in [4.78, 5) is 23.9. The topological polar surface area (TPSA) is 70.2 Å². The second-order valence-corrected chi connectivity index (χ2v) is 7.04. The highest BCUT2D eigenvalue weighted by molar-refractivity contribution is 5.76. The highest BCUT2D eigenvalue weighted by Gasteiger charge is 2.16. The third-order valence-corrected chi connectivity index (χ3v) is 4.93. The maximum Gasteiger partial charge on any atom is 0.315 e. The zero-order chi connectivity index (χ0) is 18.1. The molecule has 3 amide bonds. The molecule has 1 aromatic rings. The summed E-state index contributed by atoms with van der Waals surface area (Å²) in [5, 5.41) is 8.62. The fourth-order valence-electron chi connectivity index (χ4n) is 3.50. The van der Waals surface area contributed by atoms with Crippen molar-refractivity contribution < 1.29 is 9.59 Å². The lowest BCUT2D eigenvalue weighted by Gasteiger charge is -2.21. The molecule has 138 valence electrons. The lowest BCUT2D eigenvalue weighted by atomic mass is 9.87.